The first kappa shape index (κ1) is 8.67. The Hall–Kier alpha value is -0.330. The molecule has 0 bridgehead atoms. The standard InChI is InChI=1S/C8H15O/c1-4-8(9)6-5-7(2)3/h4-6H2,1-3H3. The Morgan fingerprint density at radius 1 is 1.22 bits per heavy atom. The van der Waals surface area contributed by atoms with E-state index in [1.165, 1.54) is 5.92 Å². The molecule has 1 radical (unpaired) electrons. The van der Waals surface area contributed by atoms with E-state index in [0.29, 0.717) is 12.2 Å². The smallest absolute Gasteiger partial charge is 0.132 e. The van der Waals surface area contributed by atoms with Gasteiger partial charge in [-0.1, -0.05) is 20.8 Å². The molecule has 0 spiro atoms. The Morgan fingerprint density at radius 2 is 1.78 bits per heavy atom. The summed E-state index contributed by atoms with van der Waals surface area (Å²) in [6, 6.07) is 0. The number of ketones is 1. The molecule has 0 aromatic heterocycles. The third kappa shape index (κ3) is 5.54. The van der Waals surface area contributed by atoms with E-state index in [-0.39, 0.29) is 0 Å². The Balaban J connectivity index is 3.17. The average Bonchev–Trinajstić information content (AvgIpc) is 1.83. The number of carbonyl (C=O) groups is 1. The van der Waals surface area contributed by atoms with E-state index in [9.17, 15) is 4.79 Å². The van der Waals surface area contributed by atoms with Gasteiger partial charge in [0.2, 0.25) is 0 Å². The van der Waals surface area contributed by atoms with Gasteiger partial charge in [-0.05, 0) is 12.3 Å². The lowest BCUT2D eigenvalue weighted by Crippen LogP contribution is -1.96. The van der Waals surface area contributed by atoms with Crippen molar-refractivity contribution < 1.29 is 4.79 Å². The fourth-order valence-corrected chi connectivity index (χ4v) is 0.566. The van der Waals surface area contributed by atoms with E-state index in [1.807, 2.05) is 6.92 Å². The van der Waals surface area contributed by atoms with E-state index >= 15 is 0 Å². The van der Waals surface area contributed by atoms with E-state index in [1.54, 1.807) is 0 Å². The minimum Gasteiger partial charge on any atom is -0.300 e. The highest BCUT2D eigenvalue weighted by molar-refractivity contribution is 5.78. The van der Waals surface area contributed by atoms with Crippen molar-refractivity contribution in [1.29, 1.82) is 0 Å². The maximum absolute atomic E-state index is 10.7. The van der Waals surface area contributed by atoms with Crippen LogP contribution in [0.5, 0.6) is 0 Å². The van der Waals surface area contributed by atoms with Crippen LogP contribution in [0, 0.1) is 5.92 Å². The molecule has 0 heterocycles. The molecule has 1 nitrogen and oxygen atoms in total. The van der Waals surface area contributed by atoms with Crippen LogP contribution in [0.4, 0.5) is 0 Å². The fraction of sp³-hybridized carbons (Fsp3) is 0.750. The summed E-state index contributed by atoms with van der Waals surface area (Å²) in [6.07, 6.45) is 2.39. The van der Waals surface area contributed by atoms with Gasteiger partial charge in [0.05, 0.1) is 0 Å². The molecule has 0 rings (SSSR count). The average molecular weight is 127 g/mol. The Labute approximate surface area is 57.5 Å². The fourth-order valence-electron chi connectivity index (χ4n) is 0.566. The molecule has 0 atom stereocenters. The first-order chi connectivity index (χ1) is 4.16. The predicted octanol–water partition coefficient (Wildman–Crippen LogP) is 2.36. The third-order valence-corrected chi connectivity index (χ3v) is 1.30. The van der Waals surface area contributed by atoms with Crippen molar-refractivity contribution in [3.8, 4) is 0 Å². The maximum Gasteiger partial charge on any atom is 0.132 e. The SMILES string of the molecule is CCC(=O)CC[C](C)C. The van der Waals surface area contributed by atoms with Gasteiger partial charge in [-0.2, -0.15) is 0 Å². The molecule has 0 aromatic carbocycles. The molecule has 0 saturated carbocycles. The third-order valence-electron chi connectivity index (χ3n) is 1.30. The van der Waals surface area contributed by atoms with Gasteiger partial charge >= 0.3 is 0 Å². The molecule has 0 fully saturated rings. The monoisotopic (exact) mass is 127 g/mol. The van der Waals surface area contributed by atoms with E-state index < -0.39 is 0 Å². The second-order valence-electron chi connectivity index (χ2n) is 2.60. The molecule has 1 heteroatoms. The van der Waals surface area contributed by atoms with Crippen molar-refractivity contribution in [3.63, 3.8) is 0 Å². The highest BCUT2D eigenvalue weighted by Crippen LogP contribution is 2.06. The molecule has 0 amide bonds. The van der Waals surface area contributed by atoms with Crippen molar-refractivity contribution in [2.75, 3.05) is 0 Å². The quantitative estimate of drug-likeness (QED) is 0.566. The number of rotatable bonds is 4. The van der Waals surface area contributed by atoms with E-state index in [4.69, 9.17) is 0 Å². The van der Waals surface area contributed by atoms with Crippen LogP contribution in [-0.4, -0.2) is 5.78 Å². The summed E-state index contributed by atoms with van der Waals surface area (Å²) >= 11 is 0. The molecule has 0 saturated heterocycles. The highest BCUT2D eigenvalue weighted by Gasteiger charge is 1.99. The summed E-state index contributed by atoms with van der Waals surface area (Å²) in [6.45, 7) is 6.03. The zero-order chi connectivity index (χ0) is 7.28. The summed E-state index contributed by atoms with van der Waals surface area (Å²) in [5, 5.41) is 0. The lowest BCUT2D eigenvalue weighted by atomic mass is 10.1. The molecular weight excluding hydrogens is 112 g/mol. The van der Waals surface area contributed by atoms with Gasteiger partial charge in [-0.15, -0.1) is 0 Å². The van der Waals surface area contributed by atoms with Crippen molar-refractivity contribution in [2.24, 2.45) is 0 Å². The summed E-state index contributed by atoms with van der Waals surface area (Å²) < 4.78 is 0. The van der Waals surface area contributed by atoms with Crippen molar-refractivity contribution in [1.82, 2.24) is 0 Å². The summed E-state index contributed by atoms with van der Waals surface area (Å²) in [4.78, 5) is 10.7. The van der Waals surface area contributed by atoms with Crippen LogP contribution in [0.25, 0.3) is 0 Å². The minimum absolute atomic E-state index is 0.371. The number of hydrogen-bond donors (Lipinski definition) is 0. The molecule has 9 heavy (non-hydrogen) atoms. The van der Waals surface area contributed by atoms with E-state index in [2.05, 4.69) is 13.8 Å². The first-order valence-corrected chi connectivity index (χ1v) is 3.47. The Kier molecular flexibility index (Phi) is 4.37. The molecule has 0 aliphatic carbocycles. The molecule has 53 valence electrons. The van der Waals surface area contributed by atoms with Crippen LogP contribution in [0.2, 0.25) is 0 Å². The predicted molar refractivity (Wildman–Crippen MR) is 39.1 cm³/mol. The zero-order valence-corrected chi connectivity index (χ0v) is 6.53. The van der Waals surface area contributed by atoms with Gasteiger partial charge in [0.1, 0.15) is 5.78 Å². The van der Waals surface area contributed by atoms with Gasteiger partial charge in [0, 0.05) is 12.8 Å². The first-order valence-electron chi connectivity index (χ1n) is 3.47. The molecule has 0 aliphatic heterocycles. The van der Waals surface area contributed by atoms with Gasteiger partial charge in [-0.3, -0.25) is 4.79 Å². The van der Waals surface area contributed by atoms with Crippen LogP contribution in [0.15, 0.2) is 0 Å². The number of Topliss-reactive ketones (excluding diaryl/α,β-unsaturated/α-hetero) is 1. The van der Waals surface area contributed by atoms with Crippen LogP contribution in [0.1, 0.15) is 40.0 Å². The lowest BCUT2D eigenvalue weighted by Gasteiger charge is -1.99. The molecule has 0 aliphatic rings. The van der Waals surface area contributed by atoms with Gasteiger partial charge < -0.3 is 0 Å². The van der Waals surface area contributed by atoms with E-state index in [0.717, 1.165) is 12.8 Å². The van der Waals surface area contributed by atoms with Crippen LogP contribution < -0.4 is 0 Å². The van der Waals surface area contributed by atoms with Crippen LogP contribution in [0.3, 0.4) is 0 Å². The van der Waals surface area contributed by atoms with Crippen LogP contribution in [-0.2, 0) is 4.79 Å². The van der Waals surface area contributed by atoms with Crippen molar-refractivity contribution >= 4 is 5.78 Å². The lowest BCUT2D eigenvalue weighted by molar-refractivity contribution is -0.118. The minimum atomic E-state index is 0.371. The Bertz CT molecular complexity index is 84.6. The zero-order valence-electron chi connectivity index (χ0n) is 6.53. The summed E-state index contributed by atoms with van der Waals surface area (Å²) in [5.74, 6) is 1.72. The molecular formula is C8H15O. The Morgan fingerprint density at radius 3 is 2.11 bits per heavy atom. The largest absolute Gasteiger partial charge is 0.300 e. The molecule has 0 unspecified atom stereocenters. The second kappa shape index (κ2) is 4.54. The maximum atomic E-state index is 10.7. The molecule has 0 N–H and O–H groups in total. The van der Waals surface area contributed by atoms with Gasteiger partial charge in [0.15, 0.2) is 0 Å². The van der Waals surface area contributed by atoms with Gasteiger partial charge in [0.25, 0.3) is 0 Å². The van der Waals surface area contributed by atoms with Crippen molar-refractivity contribution in [2.45, 2.75) is 40.0 Å². The topological polar surface area (TPSA) is 17.1 Å². The highest BCUT2D eigenvalue weighted by atomic mass is 16.1. The number of carbonyl (C=O) groups excluding carboxylic acids is 1. The normalized spacial score (nSPS) is 10.2. The number of hydrogen-bond acceptors (Lipinski definition) is 1. The van der Waals surface area contributed by atoms with Crippen LogP contribution >= 0.6 is 0 Å². The van der Waals surface area contributed by atoms with Crippen molar-refractivity contribution in [3.05, 3.63) is 5.92 Å². The summed E-state index contributed by atoms with van der Waals surface area (Å²) in [5.41, 5.74) is 0. The molecule has 0 aromatic rings. The van der Waals surface area contributed by atoms with Gasteiger partial charge in [-0.25, -0.2) is 0 Å². The summed E-state index contributed by atoms with van der Waals surface area (Å²) in [7, 11) is 0. The second-order valence-corrected chi connectivity index (χ2v) is 2.60.